The molecule has 1 aromatic carbocycles. The van der Waals surface area contributed by atoms with Gasteiger partial charge in [-0.1, -0.05) is 18.2 Å². The van der Waals surface area contributed by atoms with Crippen LogP contribution in [0, 0.1) is 0 Å². The lowest BCUT2D eigenvalue weighted by atomic mass is 10.2. The highest BCUT2D eigenvalue weighted by Crippen LogP contribution is 2.18. The number of anilines is 1. The standard InChI is InChI=1S/C17H14F3N3O2/c18-17(19,20)16(25)23-14-6-3-12(4-7-14)5-8-15(24)22-11-13-2-1-9-21-10-13/h1-10H,11H2,(H,22,24)(H,23,25)/b8-5+. The van der Waals surface area contributed by atoms with Gasteiger partial charge in [-0.25, -0.2) is 0 Å². The highest BCUT2D eigenvalue weighted by molar-refractivity contribution is 5.95. The number of nitrogens with one attached hydrogen (secondary N) is 2. The van der Waals surface area contributed by atoms with E-state index in [0.29, 0.717) is 12.1 Å². The molecule has 0 spiro atoms. The van der Waals surface area contributed by atoms with Crippen LogP contribution in [0.1, 0.15) is 11.1 Å². The molecule has 2 rings (SSSR count). The minimum Gasteiger partial charge on any atom is -0.348 e. The Hall–Kier alpha value is -3.16. The van der Waals surface area contributed by atoms with Crippen molar-refractivity contribution in [2.24, 2.45) is 0 Å². The molecule has 0 unspecified atom stereocenters. The molecule has 1 heterocycles. The van der Waals surface area contributed by atoms with Crippen LogP contribution in [0.3, 0.4) is 0 Å². The minimum absolute atomic E-state index is 0.0144. The molecule has 8 heteroatoms. The van der Waals surface area contributed by atoms with Gasteiger partial charge in [-0.05, 0) is 35.4 Å². The second-order valence-corrected chi connectivity index (χ2v) is 4.99. The van der Waals surface area contributed by atoms with Gasteiger partial charge < -0.3 is 10.6 Å². The Kier molecular flexibility index (Phi) is 5.89. The summed E-state index contributed by atoms with van der Waals surface area (Å²) in [4.78, 5) is 26.5. The van der Waals surface area contributed by atoms with E-state index in [2.05, 4.69) is 10.3 Å². The van der Waals surface area contributed by atoms with Gasteiger partial charge in [0.2, 0.25) is 5.91 Å². The van der Waals surface area contributed by atoms with E-state index < -0.39 is 12.1 Å². The lowest BCUT2D eigenvalue weighted by Crippen LogP contribution is -2.29. The number of hydrogen-bond acceptors (Lipinski definition) is 3. The third kappa shape index (κ3) is 6.09. The maximum Gasteiger partial charge on any atom is 0.471 e. The smallest absolute Gasteiger partial charge is 0.348 e. The SMILES string of the molecule is O=C(/C=C/c1ccc(NC(=O)C(F)(F)F)cc1)NCc1cccnc1. The molecule has 0 aliphatic heterocycles. The average molecular weight is 349 g/mol. The van der Waals surface area contributed by atoms with Crippen molar-refractivity contribution < 1.29 is 22.8 Å². The second kappa shape index (κ2) is 8.09. The number of nitrogens with zero attached hydrogens (tertiary/aromatic N) is 1. The number of benzene rings is 1. The first-order valence-corrected chi connectivity index (χ1v) is 7.17. The Morgan fingerprint density at radius 1 is 1.12 bits per heavy atom. The molecule has 0 saturated carbocycles. The molecule has 25 heavy (non-hydrogen) atoms. The largest absolute Gasteiger partial charge is 0.471 e. The van der Waals surface area contributed by atoms with E-state index in [1.165, 1.54) is 36.4 Å². The quantitative estimate of drug-likeness (QED) is 0.816. The molecule has 0 saturated heterocycles. The molecule has 0 bridgehead atoms. The molecule has 0 atom stereocenters. The summed E-state index contributed by atoms with van der Waals surface area (Å²) < 4.78 is 36.4. The molecular formula is C17H14F3N3O2. The first kappa shape index (κ1) is 18.2. The van der Waals surface area contributed by atoms with Gasteiger partial charge in [0, 0.05) is 30.7 Å². The van der Waals surface area contributed by atoms with Crippen molar-refractivity contribution in [2.75, 3.05) is 5.32 Å². The monoisotopic (exact) mass is 349 g/mol. The maximum absolute atomic E-state index is 12.1. The summed E-state index contributed by atoms with van der Waals surface area (Å²) in [5.41, 5.74) is 1.47. The van der Waals surface area contributed by atoms with E-state index in [1.54, 1.807) is 23.8 Å². The van der Waals surface area contributed by atoms with E-state index in [9.17, 15) is 22.8 Å². The summed E-state index contributed by atoms with van der Waals surface area (Å²) in [5, 5.41) is 4.41. The first-order valence-electron chi connectivity index (χ1n) is 7.17. The van der Waals surface area contributed by atoms with Gasteiger partial charge in [-0.3, -0.25) is 14.6 Å². The molecule has 2 aromatic rings. The highest BCUT2D eigenvalue weighted by atomic mass is 19.4. The lowest BCUT2D eigenvalue weighted by molar-refractivity contribution is -0.167. The fourth-order valence-corrected chi connectivity index (χ4v) is 1.80. The second-order valence-electron chi connectivity index (χ2n) is 4.99. The Morgan fingerprint density at radius 3 is 2.44 bits per heavy atom. The van der Waals surface area contributed by atoms with Crippen LogP contribution in [0.15, 0.2) is 54.9 Å². The van der Waals surface area contributed by atoms with E-state index in [4.69, 9.17) is 0 Å². The van der Waals surface area contributed by atoms with Gasteiger partial charge in [0.05, 0.1) is 0 Å². The lowest BCUT2D eigenvalue weighted by Gasteiger charge is -2.07. The van der Waals surface area contributed by atoms with Crippen molar-refractivity contribution in [3.8, 4) is 0 Å². The predicted molar refractivity (Wildman–Crippen MR) is 86.2 cm³/mol. The topological polar surface area (TPSA) is 71.1 Å². The Labute approximate surface area is 141 Å². The first-order chi connectivity index (χ1) is 11.8. The molecule has 0 fully saturated rings. The summed E-state index contributed by atoms with van der Waals surface area (Å²) in [7, 11) is 0. The summed E-state index contributed by atoms with van der Waals surface area (Å²) in [6, 6.07) is 9.18. The zero-order valence-electron chi connectivity index (χ0n) is 12.9. The number of halogens is 3. The van der Waals surface area contributed by atoms with Crippen LogP contribution in [0.2, 0.25) is 0 Å². The van der Waals surface area contributed by atoms with Gasteiger partial charge in [0.15, 0.2) is 0 Å². The molecular weight excluding hydrogens is 335 g/mol. The number of pyridine rings is 1. The number of amides is 2. The number of aromatic nitrogens is 1. The van der Waals surface area contributed by atoms with Gasteiger partial charge in [0.25, 0.3) is 0 Å². The van der Waals surface area contributed by atoms with Crippen molar-refractivity contribution in [3.05, 3.63) is 66.0 Å². The van der Waals surface area contributed by atoms with Crippen molar-refractivity contribution in [3.63, 3.8) is 0 Å². The van der Waals surface area contributed by atoms with Crippen LogP contribution in [0.25, 0.3) is 6.08 Å². The molecule has 0 aliphatic rings. The molecule has 2 N–H and O–H groups in total. The fourth-order valence-electron chi connectivity index (χ4n) is 1.80. The third-order valence-corrected chi connectivity index (χ3v) is 3.04. The number of alkyl halides is 3. The highest BCUT2D eigenvalue weighted by Gasteiger charge is 2.38. The normalized spacial score (nSPS) is 11.3. The van der Waals surface area contributed by atoms with Gasteiger partial charge in [-0.15, -0.1) is 0 Å². The van der Waals surface area contributed by atoms with Crippen LogP contribution in [-0.4, -0.2) is 23.0 Å². The van der Waals surface area contributed by atoms with Crippen LogP contribution < -0.4 is 10.6 Å². The fraction of sp³-hybridized carbons (Fsp3) is 0.118. The van der Waals surface area contributed by atoms with Gasteiger partial charge in [0.1, 0.15) is 0 Å². The van der Waals surface area contributed by atoms with Crippen molar-refractivity contribution in [1.82, 2.24) is 10.3 Å². The summed E-state index contributed by atoms with van der Waals surface area (Å²) in [6.45, 7) is 0.333. The number of carbonyl (C=O) groups is 2. The zero-order valence-corrected chi connectivity index (χ0v) is 12.9. The molecule has 1 aromatic heterocycles. The molecule has 0 radical (unpaired) electrons. The molecule has 0 aliphatic carbocycles. The Balaban J connectivity index is 1.86. The Morgan fingerprint density at radius 2 is 1.84 bits per heavy atom. The molecule has 2 amide bonds. The van der Waals surface area contributed by atoms with Crippen LogP contribution in [0.4, 0.5) is 18.9 Å². The maximum atomic E-state index is 12.1. The van der Waals surface area contributed by atoms with Crippen molar-refractivity contribution >= 4 is 23.6 Å². The minimum atomic E-state index is -4.94. The molecule has 5 nitrogen and oxygen atoms in total. The summed E-state index contributed by atoms with van der Waals surface area (Å²) in [5.74, 6) is -2.36. The third-order valence-electron chi connectivity index (χ3n) is 3.04. The van der Waals surface area contributed by atoms with E-state index in [0.717, 1.165) is 5.56 Å². The summed E-state index contributed by atoms with van der Waals surface area (Å²) in [6.07, 6.45) is 1.14. The van der Waals surface area contributed by atoms with Crippen LogP contribution in [-0.2, 0) is 16.1 Å². The summed E-state index contributed by atoms with van der Waals surface area (Å²) >= 11 is 0. The van der Waals surface area contributed by atoms with E-state index >= 15 is 0 Å². The van der Waals surface area contributed by atoms with Gasteiger partial charge >= 0.3 is 12.1 Å². The average Bonchev–Trinajstić information content (AvgIpc) is 2.59. The zero-order chi connectivity index (χ0) is 18.3. The van der Waals surface area contributed by atoms with Crippen LogP contribution in [0.5, 0.6) is 0 Å². The van der Waals surface area contributed by atoms with Crippen LogP contribution >= 0.6 is 0 Å². The number of hydrogen-bond donors (Lipinski definition) is 2. The number of rotatable bonds is 5. The van der Waals surface area contributed by atoms with E-state index in [1.807, 2.05) is 6.07 Å². The predicted octanol–water partition coefficient (Wildman–Crippen LogP) is 2.91. The van der Waals surface area contributed by atoms with Crippen molar-refractivity contribution in [2.45, 2.75) is 12.7 Å². The van der Waals surface area contributed by atoms with E-state index in [-0.39, 0.29) is 11.6 Å². The van der Waals surface area contributed by atoms with Gasteiger partial charge in [-0.2, -0.15) is 13.2 Å². The Bertz CT molecular complexity index is 757. The molecule has 130 valence electrons. The number of carbonyl (C=O) groups excluding carboxylic acids is 2. The van der Waals surface area contributed by atoms with Crippen molar-refractivity contribution in [1.29, 1.82) is 0 Å².